The summed E-state index contributed by atoms with van der Waals surface area (Å²) in [5, 5.41) is 1.08. The van der Waals surface area contributed by atoms with E-state index in [0.29, 0.717) is 16.3 Å². The number of ether oxygens (including phenoxy) is 1. The first-order valence-electron chi connectivity index (χ1n) is 49.6. The molecule has 0 N–H and O–H groups in total. The van der Waals surface area contributed by atoms with Gasteiger partial charge in [-0.25, -0.2) is 4.98 Å². The quantitative estimate of drug-likeness (QED) is 0.0852. The maximum Gasteiger partial charge on any atom is 0.268 e. The van der Waals surface area contributed by atoms with E-state index in [9.17, 15) is 19.2 Å². The van der Waals surface area contributed by atoms with Crippen LogP contribution in [-0.2, 0) is 26.5 Å². The summed E-state index contributed by atoms with van der Waals surface area (Å²) in [5.74, 6) is -0.295. The van der Waals surface area contributed by atoms with Crippen LogP contribution in [-0.4, -0.2) is 14.1 Å². The van der Waals surface area contributed by atoms with Crippen molar-refractivity contribution in [1.82, 2.24) is 14.1 Å². The van der Waals surface area contributed by atoms with E-state index in [1.807, 2.05) is 0 Å². The third kappa shape index (κ3) is 11.9. The van der Waals surface area contributed by atoms with E-state index in [2.05, 4.69) is 23.4 Å². The predicted octanol–water partition coefficient (Wildman–Crippen LogP) is 23.1. The Hall–Kier alpha value is -11.2. The Bertz CT molecular complexity index is 7370. The van der Waals surface area contributed by atoms with Gasteiger partial charge in [-0.1, -0.05) is 238 Å². The van der Waals surface area contributed by atoms with Crippen molar-refractivity contribution in [2.75, 3.05) is 0 Å². The molecule has 0 aliphatic rings. The molecule has 0 amide bonds. The van der Waals surface area contributed by atoms with Crippen LogP contribution >= 0.6 is 0 Å². The topological polar surface area (TPSA) is 35.9 Å². The molecule has 97 heavy (non-hydrogen) atoms. The van der Waals surface area contributed by atoms with Crippen LogP contribution in [0.15, 0.2) is 303 Å². The monoisotopic (exact) mass is 1470 g/mol. The minimum absolute atomic E-state index is 0. The Morgan fingerprint density at radius 1 is 0.443 bits per heavy atom. The molecule has 0 saturated heterocycles. The number of aromatic nitrogens is 4. The van der Waals surface area contributed by atoms with Crippen LogP contribution in [0.3, 0.4) is 0 Å². The van der Waals surface area contributed by atoms with Gasteiger partial charge < -0.3 is 13.9 Å². The smallest absolute Gasteiger partial charge is 0.268 e. The van der Waals surface area contributed by atoms with Crippen molar-refractivity contribution in [3.05, 3.63) is 343 Å². The number of rotatable bonds is 13. The van der Waals surface area contributed by atoms with Gasteiger partial charge in [0.1, 0.15) is 5.82 Å². The molecule has 0 fully saturated rings. The zero-order chi connectivity index (χ0) is 99.5. The molecule has 0 radical (unpaired) electrons. The SMILES string of the molecule is [2H]c1c([2H])c([2H])c(-c2cnc(-n3c4[c-]c(Oc5[c-]c(-n6[c-][n+](-c7c(-c8c([2H])c(-c9c([2H])c([2H])c([2H])c([2H])c9[2H])c([2H])c(-c9c([2H])c([2H])c([2H])c([2H])c9[2H])c8[2H])cc(C(C)(C)C)cc7-c7c([2H])c(-c8c([2H])c([2H])c([2H])c([2H])c8[2H])c([2H])c(-c8c([2H])c([2H])c([2H])c([2H])c8[2H])c7[2H])c7ccc(-c8c(C([2H])([2H])[2H])cccc8C([2H])([2H])[2H])cc76)ccc5)ccc4c4ccccc43)cc2C([2H])([2H])[2H])c([2H])c1[2H].[Pt]. The van der Waals surface area contributed by atoms with Gasteiger partial charge in [0.25, 0.3) is 6.33 Å². The second-order valence-corrected chi connectivity index (χ2v) is 22.9. The second-order valence-electron chi connectivity index (χ2n) is 22.9. The first kappa shape index (κ1) is 31.5. The summed E-state index contributed by atoms with van der Waals surface area (Å²) in [4.78, 5) is 4.68. The second kappa shape index (κ2) is 25.8. The van der Waals surface area contributed by atoms with Crippen molar-refractivity contribution in [2.45, 2.75) is 46.7 Å². The first-order chi connectivity index (χ1) is 63.5. The van der Waals surface area contributed by atoms with Crippen LogP contribution in [0, 0.1) is 39.0 Å². The van der Waals surface area contributed by atoms with Crippen LogP contribution < -0.4 is 9.30 Å². The number of para-hydroxylation sites is 1. The summed E-state index contributed by atoms with van der Waals surface area (Å²) >= 11 is 0. The van der Waals surface area contributed by atoms with Gasteiger partial charge in [0, 0.05) is 62.2 Å². The maximum absolute atomic E-state index is 10.8. The molecule has 3 heterocycles. The Morgan fingerprint density at radius 2 is 0.959 bits per heavy atom. The van der Waals surface area contributed by atoms with Gasteiger partial charge in [0.05, 0.1) is 59.2 Å². The Labute approximate surface area is 638 Å². The molecule has 6 heteroatoms. The molecule has 0 spiro atoms. The normalized spacial score (nSPS) is 17.8. The van der Waals surface area contributed by atoms with Crippen molar-refractivity contribution in [3.63, 3.8) is 0 Å². The Morgan fingerprint density at radius 3 is 1.51 bits per heavy atom. The summed E-state index contributed by atoms with van der Waals surface area (Å²) in [6, 6.07) is 1.34. The number of nitrogens with zero attached hydrogens (tertiary/aromatic N) is 4. The van der Waals surface area contributed by atoms with Gasteiger partial charge >= 0.3 is 0 Å². The molecular formula is C91H68N4OPt-2. The van der Waals surface area contributed by atoms with Crippen LogP contribution in [0.25, 0.3) is 139 Å². The standard InChI is InChI=1S/C91H68N4O.Pt/c1-60-26-24-27-61(2)89(60)68-42-45-85-87(53-68)93(76-38-25-39-77(56-76)96-78-43-44-80-79-40-22-23-41-84(79)95(86(80)57-78)88-46-62(3)83(58-92-88)67-36-20-11-21-37-67)59-94(85)90-81(73-49-69(63-28-12-7-13-29-63)47-70(50-73)64-30-14-8-15-31-64)54-75(91(4,5)6)55-82(90)74-51-71(65-32-16-9-17-33-65)48-72(52-74)66-34-18-10-19-35-66;/h7-55,58H,1-6H3;/q-2;/i1D3,2D3,3D3,7D,8D,9D,10D,11D,12D,13D,14D,15D,16D,17D,18D,19D,20D,21D,28D,29D,30D,31D,32D,33D,34D,35D,36D,37D,47D,48D,49D,50D,51D,52D;. The summed E-state index contributed by atoms with van der Waals surface area (Å²) in [5.41, 5.74) is -14.6. The number of imidazole rings is 1. The molecule has 13 aromatic carbocycles. The molecule has 0 atom stereocenters. The number of hydrogen-bond donors (Lipinski definition) is 0. The fourth-order valence-corrected chi connectivity index (χ4v) is 11.4. The summed E-state index contributed by atoms with van der Waals surface area (Å²) in [6.45, 7) is -4.30. The van der Waals surface area contributed by atoms with Gasteiger partial charge in [-0.15, -0.1) is 29.7 Å². The molecular weight excluding hydrogens is 1360 g/mol. The van der Waals surface area contributed by atoms with Crippen molar-refractivity contribution in [1.29, 1.82) is 0 Å². The Balaban J connectivity index is 0.0000143. The fraction of sp³-hybridized carbons (Fsp3) is 0.0769. The minimum Gasteiger partial charge on any atom is -0.510 e. The van der Waals surface area contributed by atoms with Gasteiger partial charge in [0.15, 0.2) is 0 Å². The van der Waals surface area contributed by atoms with Gasteiger partial charge in [0.2, 0.25) is 0 Å². The Kier molecular flexibility index (Phi) is 8.40. The average molecular weight is 1470 g/mol. The number of pyridine rings is 1. The zero-order valence-corrected chi connectivity index (χ0v) is 53.3. The van der Waals surface area contributed by atoms with Crippen LogP contribution in [0.5, 0.6) is 11.5 Å². The number of aryl methyl sites for hydroxylation is 3. The third-order valence-electron chi connectivity index (χ3n) is 15.9. The number of fused-ring (bicyclic) bond motifs is 4. The predicted molar refractivity (Wildman–Crippen MR) is 396 cm³/mol. The summed E-state index contributed by atoms with van der Waals surface area (Å²) in [7, 11) is 0. The summed E-state index contributed by atoms with van der Waals surface area (Å²) in [6.07, 6.45) is 4.38. The molecule has 5 nitrogen and oxygen atoms in total. The van der Waals surface area contributed by atoms with Gasteiger partial charge in [-0.2, -0.15) is 18.2 Å². The van der Waals surface area contributed by atoms with Crippen molar-refractivity contribution >= 4 is 32.8 Å². The van der Waals surface area contributed by atoms with Crippen LogP contribution in [0.4, 0.5) is 0 Å². The maximum atomic E-state index is 10.8. The van der Waals surface area contributed by atoms with E-state index in [0.717, 1.165) is 10.8 Å². The zero-order valence-electron chi connectivity index (χ0n) is 91.0. The first-order valence-corrected chi connectivity index (χ1v) is 29.6. The molecule has 3 aromatic heterocycles. The van der Waals surface area contributed by atoms with Crippen LogP contribution in [0.2, 0.25) is 0 Å². The molecule has 0 saturated carbocycles. The molecule has 0 aliphatic heterocycles. The molecule has 0 aliphatic carbocycles. The van der Waals surface area contributed by atoms with Crippen LogP contribution in [0.1, 0.15) is 97.9 Å². The van der Waals surface area contributed by atoms with E-state index in [4.69, 9.17) is 40.4 Å². The van der Waals surface area contributed by atoms with E-state index in [1.54, 1.807) is 55.7 Å². The van der Waals surface area contributed by atoms with Gasteiger partial charge in [-0.3, -0.25) is 4.57 Å². The average Bonchev–Trinajstić information content (AvgIpc) is 1.61. The van der Waals surface area contributed by atoms with Crippen molar-refractivity contribution in [2.24, 2.45) is 0 Å². The number of hydrogen-bond acceptors (Lipinski definition) is 2. The molecule has 0 bridgehead atoms. The van der Waals surface area contributed by atoms with Crippen molar-refractivity contribution in [3.8, 4) is 118 Å². The minimum atomic E-state index is -3.08. The number of benzene rings is 13. The fourth-order valence-electron chi connectivity index (χ4n) is 11.4. The molecule has 470 valence electrons. The van der Waals surface area contributed by atoms with E-state index >= 15 is 0 Å². The molecule has 16 aromatic rings. The summed E-state index contributed by atoms with van der Waals surface area (Å²) < 4.78 is 380. The molecule has 0 unspecified atom stereocenters. The van der Waals surface area contributed by atoms with E-state index in [1.165, 1.54) is 83.4 Å². The molecule has 16 rings (SSSR count). The van der Waals surface area contributed by atoms with E-state index < -0.39 is 308 Å². The van der Waals surface area contributed by atoms with Crippen molar-refractivity contribution < 1.29 is 85.2 Å². The van der Waals surface area contributed by atoms with Gasteiger partial charge in [-0.05, 0) is 197 Å². The largest absolute Gasteiger partial charge is 0.510 e. The third-order valence-corrected chi connectivity index (χ3v) is 15.9. The van der Waals surface area contributed by atoms with E-state index in [-0.39, 0.29) is 82.9 Å².